The average molecular weight is 319 g/mol. The number of thiophene rings is 2. The van der Waals surface area contributed by atoms with Gasteiger partial charge in [0, 0.05) is 11.4 Å². The van der Waals surface area contributed by atoms with Crippen LogP contribution in [0.5, 0.6) is 0 Å². The minimum Gasteiger partial charge on any atom is -0.308 e. The minimum absolute atomic E-state index is 0.697. The number of hydrogen-bond donors (Lipinski definition) is 2. The van der Waals surface area contributed by atoms with Crippen molar-refractivity contribution in [3.63, 3.8) is 0 Å². The number of fused-ring (bicyclic) bond motifs is 1. The Bertz CT molecular complexity index is 707. The van der Waals surface area contributed by atoms with E-state index in [1.807, 2.05) is 11.4 Å². The molecule has 0 fully saturated rings. The van der Waals surface area contributed by atoms with Gasteiger partial charge in [-0.25, -0.2) is 15.8 Å². The average Bonchev–Trinajstić information content (AvgIpc) is 3.15. The topological polar surface area (TPSA) is 67.1 Å². The largest absolute Gasteiger partial charge is 0.308 e. The van der Waals surface area contributed by atoms with E-state index < -0.39 is 0 Å². The molecule has 5 nitrogen and oxygen atoms in total. The molecule has 0 atom stereocenters. The Hall–Kier alpha value is -1.54. The van der Waals surface area contributed by atoms with Gasteiger partial charge in [-0.1, -0.05) is 6.07 Å². The number of nitrogens with zero attached hydrogens (tertiary/aromatic N) is 3. The second-order valence-electron chi connectivity index (χ2n) is 4.84. The minimum atomic E-state index is 0.697. The number of hydrazine groups is 1. The molecule has 0 radical (unpaired) electrons. The highest BCUT2D eigenvalue weighted by atomic mass is 32.1. The smallest absolute Gasteiger partial charge is 0.152 e. The zero-order valence-electron chi connectivity index (χ0n) is 11.7. The second-order valence-corrected chi connectivity index (χ2v) is 6.77. The van der Waals surface area contributed by atoms with E-state index in [1.165, 1.54) is 4.88 Å². The Balaban J connectivity index is 1.68. The summed E-state index contributed by atoms with van der Waals surface area (Å²) in [4.78, 5) is 13.7. The first-order valence-corrected chi connectivity index (χ1v) is 8.44. The van der Waals surface area contributed by atoms with Crippen molar-refractivity contribution in [1.29, 1.82) is 0 Å². The van der Waals surface area contributed by atoms with Crippen molar-refractivity contribution in [3.05, 3.63) is 39.7 Å². The Morgan fingerprint density at radius 3 is 2.90 bits per heavy atom. The maximum absolute atomic E-state index is 5.55. The third-order valence-electron chi connectivity index (χ3n) is 3.24. The van der Waals surface area contributed by atoms with E-state index in [4.69, 9.17) is 5.84 Å². The first-order valence-electron chi connectivity index (χ1n) is 6.68. The summed E-state index contributed by atoms with van der Waals surface area (Å²) < 4.78 is 0. The number of hydrogen-bond acceptors (Lipinski definition) is 7. The fourth-order valence-corrected chi connectivity index (χ4v) is 3.64. The quantitative estimate of drug-likeness (QED) is 0.540. The molecule has 0 spiro atoms. The van der Waals surface area contributed by atoms with Gasteiger partial charge in [0.15, 0.2) is 5.82 Å². The van der Waals surface area contributed by atoms with E-state index in [0.717, 1.165) is 29.0 Å². The van der Waals surface area contributed by atoms with Crippen LogP contribution in [0.4, 0.5) is 5.82 Å². The molecule has 21 heavy (non-hydrogen) atoms. The van der Waals surface area contributed by atoms with Crippen LogP contribution in [0.3, 0.4) is 0 Å². The summed E-state index contributed by atoms with van der Waals surface area (Å²) in [5, 5.41) is 5.10. The van der Waals surface area contributed by atoms with Crippen LogP contribution in [0, 0.1) is 0 Å². The molecule has 7 heteroatoms. The number of nitrogens with one attached hydrogen (secondary N) is 1. The van der Waals surface area contributed by atoms with E-state index in [2.05, 4.69) is 44.9 Å². The van der Waals surface area contributed by atoms with Crippen LogP contribution in [0.2, 0.25) is 0 Å². The third kappa shape index (κ3) is 3.38. The van der Waals surface area contributed by atoms with E-state index in [9.17, 15) is 0 Å². The summed E-state index contributed by atoms with van der Waals surface area (Å²) in [6.45, 7) is 1.70. The first-order chi connectivity index (χ1) is 10.3. The van der Waals surface area contributed by atoms with E-state index in [0.29, 0.717) is 12.4 Å². The molecule has 3 heterocycles. The van der Waals surface area contributed by atoms with Crippen molar-refractivity contribution in [1.82, 2.24) is 14.9 Å². The SMILES string of the molecule is CN(CCc1cccs1)Cc1nc(NN)c2ccsc2n1. The van der Waals surface area contributed by atoms with Crippen LogP contribution >= 0.6 is 22.7 Å². The number of anilines is 1. The maximum Gasteiger partial charge on any atom is 0.152 e. The monoisotopic (exact) mass is 319 g/mol. The molecular formula is C14H17N5S2. The molecule has 3 aromatic heterocycles. The predicted octanol–water partition coefficient (Wildman–Crippen LogP) is 2.71. The fraction of sp³-hybridized carbons (Fsp3) is 0.286. The van der Waals surface area contributed by atoms with Crippen LogP contribution in [0.15, 0.2) is 29.0 Å². The Labute approximate surface area is 131 Å². The van der Waals surface area contributed by atoms with Crippen molar-refractivity contribution in [2.75, 3.05) is 19.0 Å². The summed E-state index contributed by atoms with van der Waals surface area (Å²) in [7, 11) is 2.09. The Morgan fingerprint density at radius 2 is 2.14 bits per heavy atom. The van der Waals surface area contributed by atoms with Crippen molar-refractivity contribution in [2.45, 2.75) is 13.0 Å². The van der Waals surface area contributed by atoms with Gasteiger partial charge in [0.2, 0.25) is 0 Å². The molecule has 3 N–H and O–H groups in total. The van der Waals surface area contributed by atoms with Gasteiger partial charge in [0.05, 0.1) is 11.9 Å². The number of rotatable bonds is 6. The van der Waals surface area contributed by atoms with Crippen molar-refractivity contribution < 1.29 is 0 Å². The van der Waals surface area contributed by atoms with E-state index in [1.54, 1.807) is 22.7 Å². The highest BCUT2D eigenvalue weighted by molar-refractivity contribution is 7.16. The number of nitrogen functional groups attached to an aromatic ring is 1. The summed E-state index contributed by atoms with van der Waals surface area (Å²) in [5.74, 6) is 7.04. The molecule has 0 saturated heterocycles. The van der Waals surface area contributed by atoms with Gasteiger partial charge < -0.3 is 5.43 Å². The molecule has 0 aromatic carbocycles. The summed E-state index contributed by atoms with van der Waals surface area (Å²) in [6.07, 6.45) is 1.05. The fourth-order valence-electron chi connectivity index (χ4n) is 2.16. The van der Waals surface area contributed by atoms with Gasteiger partial charge >= 0.3 is 0 Å². The Morgan fingerprint density at radius 1 is 1.24 bits per heavy atom. The van der Waals surface area contributed by atoms with Crippen LogP contribution < -0.4 is 11.3 Å². The predicted molar refractivity (Wildman–Crippen MR) is 89.6 cm³/mol. The lowest BCUT2D eigenvalue weighted by atomic mass is 10.3. The van der Waals surface area contributed by atoms with Crippen LogP contribution in [-0.4, -0.2) is 28.5 Å². The molecule has 0 amide bonds. The van der Waals surface area contributed by atoms with Crippen LogP contribution in [0.25, 0.3) is 10.2 Å². The van der Waals surface area contributed by atoms with Crippen LogP contribution in [-0.2, 0) is 13.0 Å². The van der Waals surface area contributed by atoms with Gasteiger partial charge in [0.25, 0.3) is 0 Å². The molecule has 3 rings (SSSR count). The van der Waals surface area contributed by atoms with Gasteiger partial charge in [-0.05, 0) is 36.4 Å². The molecule has 0 unspecified atom stereocenters. The van der Waals surface area contributed by atoms with Crippen molar-refractivity contribution >= 4 is 38.7 Å². The van der Waals surface area contributed by atoms with Gasteiger partial charge in [-0.15, -0.1) is 22.7 Å². The molecule has 110 valence electrons. The highest BCUT2D eigenvalue weighted by Gasteiger charge is 2.10. The van der Waals surface area contributed by atoms with Crippen molar-refractivity contribution in [2.24, 2.45) is 5.84 Å². The van der Waals surface area contributed by atoms with Gasteiger partial charge in [0.1, 0.15) is 10.7 Å². The van der Waals surface area contributed by atoms with Crippen molar-refractivity contribution in [3.8, 4) is 0 Å². The second kappa shape index (κ2) is 6.48. The molecule has 0 bridgehead atoms. The standard InChI is InChI=1S/C14H17N5S2/c1-19(6-4-10-3-2-7-20-10)9-12-16-13(18-15)11-5-8-21-14(11)17-12/h2-3,5,7-8H,4,6,9,15H2,1H3,(H,16,17,18). The molecule has 0 saturated carbocycles. The van der Waals surface area contributed by atoms with Gasteiger partial charge in [-0.3, -0.25) is 4.90 Å². The normalized spacial score (nSPS) is 11.4. The zero-order chi connectivity index (χ0) is 14.7. The number of nitrogens with two attached hydrogens (primary N) is 1. The number of aromatic nitrogens is 2. The molecular weight excluding hydrogens is 302 g/mol. The summed E-state index contributed by atoms with van der Waals surface area (Å²) >= 11 is 3.40. The molecule has 0 aliphatic carbocycles. The molecule has 3 aromatic rings. The maximum atomic E-state index is 5.55. The van der Waals surface area contributed by atoms with Gasteiger partial charge in [-0.2, -0.15) is 0 Å². The number of likely N-dealkylation sites (N-methyl/N-ethyl adjacent to an activating group) is 1. The molecule has 0 aliphatic rings. The van der Waals surface area contributed by atoms with E-state index >= 15 is 0 Å². The summed E-state index contributed by atoms with van der Waals surface area (Å²) in [5.41, 5.74) is 2.66. The van der Waals surface area contributed by atoms with E-state index in [-0.39, 0.29) is 0 Å². The highest BCUT2D eigenvalue weighted by Crippen LogP contribution is 2.24. The lowest BCUT2D eigenvalue weighted by Gasteiger charge is -2.15. The zero-order valence-corrected chi connectivity index (χ0v) is 13.4. The lowest BCUT2D eigenvalue weighted by Crippen LogP contribution is -2.22. The Kier molecular flexibility index (Phi) is 4.45. The molecule has 0 aliphatic heterocycles. The summed E-state index contributed by atoms with van der Waals surface area (Å²) in [6, 6.07) is 6.25. The van der Waals surface area contributed by atoms with Crippen LogP contribution in [0.1, 0.15) is 10.7 Å². The first kappa shape index (κ1) is 14.4. The lowest BCUT2D eigenvalue weighted by molar-refractivity contribution is 0.324. The third-order valence-corrected chi connectivity index (χ3v) is 4.98.